The molecule has 7 heteroatoms. The Morgan fingerprint density at radius 2 is 1.72 bits per heavy atom. The van der Waals surface area contributed by atoms with Gasteiger partial charge < -0.3 is 24.4 Å². The predicted octanol–water partition coefficient (Wildman–Crippen LogP) is 5.59. The summed E-state index contributed by atoms with van der Waals surface area (Å²) in [6.45, 7) is 6.46. The molecule has 7 nitrogen and oxygen atoms in total. The molecule has 0 amide bonds. The van der Waals surface area contributed by atoms with Crippen molar-refractivity contribution in [3.63, 3.8) is 0 Å². The highest BCUT2D eigenvalue weighted by Gasteiger charge is 2.34. The molecule has 6 rings (SSSR count). The number of nitrogens with zero attached hydrogens (tertiary/aromatic N) is 3. The van der Waals surface area contributed by atoms with Crippen molar-refractivity contribution in [1.82, 2.24) is 5.16 Å². The molecule has 0 bridgehead atoms. The lowest BCUT2D eigenvalue weighted by atomic mass is 9.86. The van der Waals surface area contributed by atoms with E-state index in [9.17, 15) is 4.79 Å². The summed E-state index contributed by atoms with van der Waals surface area (Å²) >= 11 is 0. The Balaban J connectivity index is 1.37. The molecule has 1 aromatic heterocycles. The van der Waals surface area contributed by atoms with Crippen LogP contribution in [0.4, 0.5) is 17.1 Å². The van der Waals surface area contributed by atoms with Crippen LogP contribution in [0.15, 0.2) is 59.1 Å². The van der Waals surface area contributed by atoms with Gasteiger partial charge in [0.2, 0.25) is 0 Å². The summed E-state index contributed by atoms with van der Waals surface area (Å²) in [6.07, 6.45) is 2.12. The molecule has 1 fully saturated rings. The normalized spacial score (nSPS) is 14.8. The van der Waals surface area contributed by atoms with Crippen LogP contribution < -0.4 is 19.9 Å². The molecule has 36 heavy (non-hydrogen) atoms. The second-order valence-corrected chi connectivity index (χ2v) is 9.38. The maximum absolute atomic E-state index is 13.6. The lowest BCUT2D eigenvalue weighted by Gasteiger charge is -2.37. The average Bonchev–Trinajstić information content (AvgIpc) is 3.37. The number of hydrogen-bond acceptors (Lipinski definition) is 7. The lowest BCUT2D eigenvalue weighted by molar-refractivity contribution is 0.104. The zero-order chi connectivity index (χ0) is 24.6. The number of carbonyl (C=O) groups excluding carboxylic acids is 1. The van der Waals surface area contributed by atoms with E-state index in [-0.39, 0.29) is 5.78 Å². The number of benzene rings is 3. The quantitative estimate of drug-likeness (QED) is 0.303. The Hall–Kier alpha value is -4.00. The number of ether oxygens (including phenoxy) is 1. The fourth-order valence-electron chi connectivity index (χ4n) is 5.32. The Bertz CT molecular complexity index is 1420. The fraction of sp³-hybridized carbons (Fsp3) is 0.310. The van der Waals surface area contributed by atoms with Crippen LogP contribution >= 0.6 is 0 Å². The fourth-order valence-corrected chi connectivity index (χ4v) is 5.32. The van der Waals surface area contributed by atoms with Gasteiger partial charge >= 0.3 is 0 Å². The van der Waals surface area contributed by atoms with E-state index in [1.54, 1.807) is 7.11 Å². The third kappa shape index (κ3) is 3.66. The molecule has 2 aliphatic rings. The van der Waals surface area contributed by atoms with Crippen LogP contribution in [0.2, 0.25) is 0 Å². The smallest absolute Gasteiger partial charge is 0.196 e. The molecule has 1 aliphatic heterocycles. The average molecular weight is 483 g/mol. The molecule has 2 heterocycles. The molecule has 0 saturated carbocycles. The van der Waals surface area contributed by atoms with Gasteiger partial charge in [-0.3, -0.25) is 4.79 Å². The van der Waals surface area contributed by atoms with Crippen molar-refractivity contribution >= 4 is 33.7 Å². The van der Waals surface area contributed by atoms with Gasteiger partial charge in [-0.2, -0.15) is 0 Å². The molecule has 0 atom stereocenters. The number of hydrogen-bond donors (Lipinski definition) is 1. The topological polar surface area (TPSA) is 70.8 Å². The van der Waals surface area contributed by atoms with E-state index < -0.39 is 0 Å². The van der Waals surface area contributed by atoms with Gasteiger partial charge in [-0.25, -0.2) is 0 Å². The monoisotopic (exact) mass is 482 g/mol. The van der Waals surface area contributed by atoms with Crippen molar-refractivity contribution in [2.75, 3.05) is 55.0 Å². The number of rotatable bonds is 7. The molecular weight excluding hydrogens is 452 g/mol. The molecule has 0 spiro atoms. The SMILES string of the molecule is CCCCNc1cc(N2CCN(c3ccc(OC)cc3)CC2)c2noc3c2c1C(=O)c1ccccc1-3. The van der Waals surface area contributed by atoms with E-state index in [0.717, 1.165) is 79.2 Å². The molecule has 0 radical (unpaired) electrons. The summed E-state index contributed by atoms with van der Waals surface area (Å²) < 4.78 is 11.2. The number of ketones is 1. The third-order valence-electron chi connectivity index (χ3n) is 7.28. The van der Waals surface area contributed by atoms with E-state index in [2.05, 4.69) is 45.4 Å². The summed E-state index contributed by atoms with van der Waals surface area (Å²) in [5, 5.41) is 8.89. The Kier molecular flexibility index (Phi) is 5.76. The highest BCUT2D eigenvalue weighted by Crippen LogP contribution is 2.46. The van der Waals surface area contributed by atoms with Gasteiger partial charge in [0.25, 0.3) is 0 Å². The van der Waals surface area contributed by atoms with Gasteiger partial charge in [-0.1, -0.05) is 42.8 Å². The van der Waals surface area contributed by atoms with Gasteiger partial charge in [0, 0.05) is 55.2 Å². The second kappa shape index (κ2) is 9.22. The first kappa shape index (κ1) is 22.5. The van der Waals surface area contributed by atoms with Crippen molar-refractivity contribution < 1.29 is 14.1 Å². The van der Waals surface area contributed by atoms with E-state index in [0.29, 0.717) is 16.9 Å². The maximum Gasteiger partial charge on any atom is 0.196 e. The number of piperazine rings is 1. The van der Waals surface area contributed by atoms with Crippen LogP contribution in [0, 0.1) is 0 Å². The van der Waals surface area contributed by atoms with Crippen molar-refractivity contribution in [2.45, 2.75) is 19.8 Å². The van der Waals surface area contributed by atoms with Crippen LogP contribution in [0.5, 0.6) is 5.75 Å². The Morgan fingerprint density at radius 1 is 1.00 bits per heavy atom. The minimum Gasteiger partial charge on any atom is -0.497 e. The molecule has 184 valence electrons. The van der Waals surface area contributed by atoms with Crippen LogP contribution in [-0.4, -0.2) is 50.8 Å². The van der Waals surface area contributed by atoms with Gasteiger partial charge in [0.05, 0.1) is 23.7 Å². The predicted molar refractivity (Wildman–Crippen MR) is 144 cm³/mol. The highest BCUT2D eigenvalue weighted by atomic mass is 16.5. The highest BCUT2D eigenvalue weighted by molar-refractivity contribution is 6.28. The van der Waals surface area contributed by atoms with E-state index in [1.807, 2.05) is 36.4 Å². The maximum atomic E-state index is 13.6. The van der Waals surface area contributed by atoms with Crippen LogP contribution in [-0.2, 0) is 0 Å². The number of methoxy groups -OCH3 is 1. The first-order valence-corrected chi connectivity index (χ1v) is 12.7. The summed E-state index contributed by atoms with van der Waals surface area (Å²) in [7, 11) is 1.69. The van der Waals surface area contributed by atoms with E-state index in [4.69, 9.17) is 9.26 Å². The lowest BCUT2D eigenvalue weighted by Crippen LogP contribution is -2.46. The largest absolute Gasteiger partial charge is 0.497 e. The number of carbonyl (C=O) groups is 1. The summed E-state index contributed by atoms with van der Waals surface area (Å²) in [5.41, 5.74) is 6.01. The van der Waals surface area contributed by atoms with Gasteiger partial charge in [0.1, 0.15) is 11.3 Å². The summed E-state index contributed by atoms with van der Waals surface area (Å²) in [6, 6.07) is 18.0. The molecule has 1 aliphatic carbocycles. The minimum atomic E-state index is 0.0289. The summed E-state index contributed by atoms with van der Waals surface area (Å²) in [4.78, 5) is 18.4. The number of aromatic nitrogens is 1. The molecule has 1 N–H and O–H groups in total. The third-order valence-corrected chi connectivity index (χ3v) is 7.28. The van der Waals surface area contributed by atoms with Crippen molar-refractivity contribution in [3.8, 4) is 17.1 Å². The van der Waals surface area contributed by atoms with Crippen LogP contribution in [0.25, 0.3) is 22.2 Å². The first-order chi connectivity index (χ1) is 17.7. The zero-order valence-electron chi connectivity index (χ0n) is 20.7. The van der Waals surface area contributed by atoms with Gasteiger partial charge in [0.15, 0.2) is 11.5 Å². The van der Waals surface area contributed by atoms with Crippen molar-refractivity contribution in [3.05, 3.63) is 65.7 Å². The van der Waals surface area contributed by atoms with Crippen LogP contribution in [0.1, 0.15) is 35.7 Å². The molecule has 1 saturated heterocycles. The number of unbranched alkanes of at least 4 members (excludes halogenated alkanes) is 1. The van der Waals surface area contributed by atoms with E-state index >= 15 is 0 Å². The number of anilines is 3. The van der Waals surface area contributed by atoms with Gasteiger partial charge in [-0.15, -0.1) is 0 Å². The standard InChI is InChI=1S/C29H30N4O3/c1-3-4-13-30-23-18-24(33-16-14-32(15-17-33)19-9-11-20(35-2)12-10-19)27-26-25(23)28(34)21-7-5-6-8-22(21)29(26)36-31-27/h5-12,18,30H,3-4,13-17H2,1-2H3. The minimum absolute atomic E-state index is 0.0289. The van der Waals surface area contributed by atoms with Crippen LogP contribution in [0.3, 0.4) is 0 Å². The van der Waals surface area contributed by atoms with Crippen molar-refractivity contribution in [1.29, 1.82) is 0 Å². The van der Waals surface area contributed by atoms with E-state index in [1.165, 1.54) is 5.69 Å². The molecule has 0 unspecified atom stereocenters. The molecule has 3 aromatic carbocycles. The van der Waals surface area contributed by atoms with Crippen molar-refractivity contribution in [2.24, 2.45) is 0 Å². The second-order valence-electron chi connectivity index (χ2n) is 9.38. The number of fused-ring (bicyclic) bond motifs is 2. The molecular formula is C29H30N4O3. The first-order valence-electron chi connectivity index (χ1n) is 12.7. The summed E-state index contributed by atoms with van der Waals surface area (Å²) in [5.74, 6) is 1.58. The molecule has 4 aromatic rings. The Morgan fingerprint density at radius 3 is 2.44 bits per heavy atom. The van der Waals surface area contributed by atoms with Gasteiger partial charge in [-0.05, 0) is 36.8 Å². The zero-order valence-corrected chi connectivity index (χ0v) is 20.7. The Labute approximate surface area is 210 Å². The number of nitrogens with one attached hydrogen (secondary N) is 1.